The number of carbonyl (C=O) groups is 2. The van der Waals surface area contributed by atoms with Gasteiger partial charge in [-0.25, -0.2) is 16.8 Å². The van der Waals surface area contributed by atoms with Gasteiger partial charge in [-0.05, 0) is 98.8 Å². The maximum Gasteiger partial charge on any atom is 0.446 e. The van der Waals surface area contributed by atoms with Gasteiger partial charge in [0.1, 0.15) is 5.60 Å². The number of hydrogen-bond donors (Lipinski definition) is 1. The van der Waals surface area contributed by atoms with E-state index in [1.165, 1.54) is 15.6 Å². The Balaban J connectivity index is 0.000000215. The van der Waals surface area contributed by atoms with Crippen molar-refractivity contribution >= 4 is 43.7 Å². The Morgan fingerprint density at radius 2 is 1.22 bits per heavy atom. The number of anilines is 2. The molecule has 0 aliphatic carbocycles. The summed E-state index contributed by atoms with van der Waals surface area (Å²) < 4.78 is 91.7. The van der Waals surface area contributed by atoms with Crippen LogP contribution in [-0.4, -0.2) is 108 Å². The molecular formula is C45H56F3N6O7S2-. The van der Waals surface area contributed by atoms with Crippen molar-refractivity contribution in [1.82, 2.24) is 13.9 Å². The fourth-order valence-corrected chi connectivity index (χ4v) is 10.5. The van der Waals surface area contributed by atoms with E-state index in [0.717, 1.165) is 55.0 Å². The lowest BCUT2D eigenvalue weighted by Gasteiger charge is -2.35. The summed E-state index contributed by atoms with van der Waals surface area (Å²) >= 11 is 0. The number of nitrogens with zero attached hydrogens (tertiary/aromatic N) is 4. The number of sulfonamides is 2. The Labute approximate surface area is 369 Å². The van der Waals surface area contributed by atoms with Gasteiger partial charge < -0.3 is 25.6 Å². The first-order valence-electron chi connectivity index (χ1n) is 20.8. The highest BCUT2D eigenvalue weighted by atomic mass is 32.2. The Hall–Kier alpha value is -4.85. The second kappa shape index (κ2) is 21.7. The number of piperazine rings is 1. The van der Waals surface area contributed by atoms with Crippen molar-refractivity contribution in [3.05, 3.63) is 125 Å². The van der Waals surface area contributed by atoms with Gasteiger partial charge in [-0.2, -0.15) is 21.8 Å². The Kier molecular flexibility index (Phi) is 16.9. The number of carbonyl (C=O) groups excluding carboxylic acids is 2. The van der Waals surface area contributed by atoms with E-state index in [-0.39, 0.29) is 18.9 Å². The van der Waals surface area contributed by atoms with E-state index in [2.05, 4.69) is 28.4 Å². The van der Waals surface area contributed by atoms with Crippen molar-refractivity contribution in [3.63, 3.8) is 0 Å². The molecule has 4 aromatic rings. The van der Waals surface area contributed by atoms with Gasteiger partial charge in [-0.1, -0.05) is 60.7 Å². The van der Waals surface area contributed by atoms with Gasteiger partial charge in [0.25, 0.3) is 0 Å². The van der Waals surface area contributed by atoms with Crippen LogP contribution >= 0.6 is 0 Å². The molecule has 2 N–H and O–H groups in total. The van der Waals surface area contributed by atoms with E-state index in [1.54, 1.807) is 58.9 Å². The maximum atomic E-state index is 13.0. The monoisotopic (exact) mass is 913 g/mol. The van der Waals surface area contributed by atoms with Crippen LogP contribution in [0.5, 0.6) is 0 Å². The summed E-state index contributed by atoms with van der Waals surface area (Å²) in [6.45, 7) is 12.4. The molecule has 1 saturated heterocycles. The molecule has 0 bridgehead atoms. The SMILES string of the molecule is CC(C)(C)OC(=O)CCN(CC[NH-])c1cccc2c1CCN(S(=O)(=O)c1ccccc1)C2.O=CC(F)(F)F.O=S(=O)(c1ccccc1)N1CCc2c(cccc2N2CCNCC2)C1. The van der Waals surface area contributed by atoms with Crippen LogP contribution in [0.15, 0.2) is 107 Å². The molecule has 13 nitrogen and oxygen atoms in total. The number of benzene rings is 4. The van der Waals surface area contributed by atoms with Gasteiger partial charge in [0.2, 0.25) is 26.3 Å². The highest BCUT2D eigenvalue weighted by Gasteiger charge is 2.32. The molecular weight excluding hydrogens is 858 g/mol. The van der Waals surface area contributed by atoms with Crippen LogP contribution in [0.4, 0.5) is 24.5 Å². The molecule has 0 aromatic heterocycles. The lowest BCUT2D eigenvalue weighted by Crippen LogP contribution is -2.44. The van der Waals surface area contributed by atoms with Gasteiger partial charge in [0.05, 0.1) is 16.2 Å². The number of fused-ring (bicyclic) bond motifs is 2. The summed E-state index contributed by atoms with van der Waals surface area (Å²) in [6, 6.07) is 29.4. The highest BCUT2D eigenvalue weighted by Crippen LogP contribution is 2.33. The Morgan fingerprint density at radius 3 is 1.71 bits per heavy atom. The normalized spacial score (nSPS) is 16.0. The molecule has 0 amide bonds. The topological polar surface area (TPSA) is 160 Å². The molecule has 0 spiro atoms. The number of halogens is 3. The summed E-state index contributed by atoms with van der Waals surface area (Å²) in [5.74, 6) is -0.266. The molecule has 3 heterocycles. The molecule has 342 valence electrons. The average molecular weight is 914 g/mol. The lowest BCUT2D eigenvalue weighted by molar-refractivity contribution is -0.156. The smallest absolute Gasteiger partial charge is 0.446 e. The van der Waals surface area contributed by atoms with Crippen LogP contribution in [0.3, 0.4) is 0 Å². The summed E-state index contributed by atoms with van der Waals surface area (Å²) in [4.78, 5) is 26.0. The molecule has 63 heavy (non-hydrogen) atoms. The first kappa shape index (κ1) is 49.2. The van der Waals surface area contributed by atoms with E-state index in [4.69, 9.17) is 15.3 Å². The van der Waals surface area contributed by atoms with Crippen LogP contribution in [0.25, 0.3) is 5.73 Å². The Morgan fingerprint density at radius 1 is 0.730 bits per heavy atom. The van der Waals surface area contributed by atoms with Crippen molar-refractivity contribution in [3.8, 4) is 0 Å². The molecule has 3 aliphatic heterocycles. The van der Waals surface area contributed by atoms with Crippen molar-refractivity contribution in [2.45, 2.75) is 74.7 Å². The predicted octanol–water partition coefficient (Wildman–Crippen LogP) is 6.61. The highest BCUT2D eigenvalue weighted by molar-refractivity contribution is 7.89. The van der Waals surface area contributed by atoms with Crippen LogP contribution in [-0.2, 0) is 60.3 Å². The van der Waals surface area contributed by atoms with E-state index >= 15 is 0 Å². The van der Waals surface area contributed by atoms with Crippen LogP contribution in [0, 0.1) is 0 Å². The zero-order valence-corrected chi connectivity index (χ0v) is 37.4. The first-order valence-corrected chi connectivity index (χ1v) is 23.6. The van der Waals surface area contributed by atoms with E-state index in [0.29, 0.717) is 55.5 Å². The molecule has 0 unspecified atom stereocenters. The van der Waals surface area contributed by atoms with Crippen molar-refractivity contribution in [1.29, 1.82) is 0 Å². The summed E-state index contributed by atoms with van der Waals surface area (Å²) in [5, 5.41) is 3.38. The average Bonchev–Trinajstić information content (AvgIpc) is 3.27. The number of ether oxygens (including phenoxy) is 1. The van der Waals surface area contributed by atoms with Crippen LogP contribution < -0.4 is 15.1 Å². The first-order chi connectivity index (χ1) is 29.8. The molecule has 7 rings (SSSR count). The van der Waals surface area contributed by atoms with Gasteiger partial charge >= 0.3 is 12.1 Å². The number of aldehydes is 1. The minimum Gasteiger partial charge on any atom is -0.676 e. The van der Waals surface area contributed by atoms with Crippen LogP contribution in [0.1, 0.15) is 49.4 Å². The third-order valence-corrected chi connectivity index (χ3v) is 14.2. The maximum absolute atomic E-state index is 13.0. The zero-order valence-electron chi connectivity index (χ0n) is 35.8. The fraction of sp³-hybridized carbons (Fsp3) is 0.422. The molecule has 0 radical (unpaired) electrons. The molecule has 0 atom stereocenters. The van der Waals surface area contributed by atoms with Crippen molar-refractivity contribution in [2.75, 3.05) is 68.7 Å². The number of alkyl halides is 3. The van der Waals surface area contributed by atoms with Crippen molar-refractivity contribution < 1.29 is 44.3 Å². The summed E-state index contributed by atoms with van der Waals surface area (Å²) in [5.41, 5.74) is 13.9. The lowest BCUT2D eigenvalue weighted by atomic mass is 9.98. The molecule has 3 aliphatic rings. The third kappa shape index (κ3) is 13.6. The Bertz CT molecular complexity index is 2360. The van der Waals surface area contributed by atoms with Crippen LogP contribution in [0.2, 0.25) is 0 Å². The molecule has 0 saturated carbocycles. The van der Waals surface area contributed by atoms with Gasteiger partial charge in [-0.15, -0.1) is 6.54 Å². The molecule has 1 fully saturated rings. The summed E-state index contributed by atoms with van der Waals surface area (Å²) in [7, 11) is -6.99. The van der Waals surface area contributed by atoms with Gasteiger partial charge in [-0.3, -0.25) is 9.59 Å². The van der Waals surface area contributed by atoms with Crippen molar-refractivity contribution in [2.24, 2.45) is 0 Å². The zero-order chi connectivity index (χ0) is 45.8. The minimum absolute atomic E-state index is 0.201. The quantitative estimate of drug-likeness (QED) is 0.128. The molecule has 18 heteroatoms. The number of hydrogen-bond acceptors (Lipinski definition) is 10. The van der Waals surface area contributed by atoms with E-state index in [9.17, 15) is 34.8 Å². The molecule has 4 aromatic carbocycles. The second-order valence-electron chi connectivity index (χ2n) is 16.1. The largest absolute Gasteiger partial charge is 0.676 e. The standard InChI is InChI=1S/C24H32N3O4S.C19H23N3O2S.C2HF3O/c1-24(2,3)31-23(28)13-15-26(17-14-25)22-11-7-8-19-18-27(16-12-21(19)22)32(29,30)20-9-5-4-6-10-20;23-25(24,17-6-2-1-3-7-17)22-12-9-18-16(15-22)5-4-8-19(18)21-13-10-20-11-14-21;3-2(4,5)1-6/h4-11,25H,12-18H2,1-3H3;1-8,20H,9-15H2;1H/q-1;;. The number of rotatable bonds is 11. The minimum atomic E-state index is -4.64. The van der Waals surface area contributed by atoms with E-state index in [1.807, 2.05) is 49.9 Å². The number of esters is 1. The number of nitrogens with one attached hydrogen (secondary N) is 2. The fourth-order valence-electron chi connectivity index (χ4n) is 7.62. The van der Waals surface area contributed by atoms with Gasteiger partial charge in [0, 0.05) is 70.3 Å². The van der Waals surface area contributed by atoms with Gasteiger partial charge in [0.15, 0.2) is 0 Å². The third-order valence-electron chi connectivity index (χ3n) is 10.5. The second-order valence-corrected chi connectivity index (χ2v) is 20.0. The van der Waals surface area contributed by atoms with E-state index < -0.39 is 38.1 Å². The summed E-state index contributed by atoms with van der Waals surface area (Å²) in [6.07, 6.45) is -4.12. The predicted molar refractivity (Wildman–Crippen MR) is 237 cm³/mol.